The fourth-order valence-corrected chi connectivity index (χ4v) is 1.18. The second kappa shape index (κ2) is 4.82. The molecule has 2 heteroatoms. The molecule has 14 heavy (non-hydrogen) atoms. The monoisotopic (exact) mass is 192 g/mol. The van der Waals surface area contributed by atoms with E-state index in [1.54, 1.807) is 13.0 Å². The average Bonchev–Trinajstić information content (AvgIpc) is 2.18. The molecule has 1 aromatic rings. The van der Waals surface area contributed by atoms with Crippen molar-refractivity contribution in [2.45, 2.75) is 26.1 Å². The lowest BCUT2D eigenvalue weighted by atomic mass is 10.1. The lowest BCUT2D eigenvalue weighted by molar-refractivity contribution is 0.187. The SMILES string of the molecule is C=CC(C)Oc1ccccc1[C@H](C)O. The first kappa shape index (κ1) is 10.8. The quantitative estimate of drug-likeness (QED) is 0.743. The molecule has 0 saturated heterocycles. The predicted octanol–water partition coefficient (Wildman–Crippen LogP) is 2.69. The van der Waals surface area contributed by atoms with Crippen LogP contribution < -0.4 is 4.74 Å². The van der Waals surface area contributed by atoms with Gasteiger partial charge in [-0.05, 0) is 19.9 Å². The number of hydrogen-bond acceptors (Lipinski definition) is 2. The summed E-state index contributed by atoms with van der Waals surface area (Å²) in [5, 5.41) is 9.48. The normalized spacial score (nSPS) is 14.5. The molecule has 0 fully saturated rings. The Morgan fingerprint density at radius 1 is 1.36 bits per heavy atom. The van der Waals surface area contributed by atoms with Crippen LogP contribution in [0.1, 0.15) is 25.5 Å². The van der Waals surface area contributed by atoms with E-state index < -0.39 is 6.10 Å². The smallest absolute Gasteiger partial charge is 0.125 e. The maximum absolute atomic E-state index is 9.48. The Hall–Kier alpha value is -1.28. The summed E-state index contributed by atoms with van der Waals surface area (Å²) in [5.41, 5.74) is 0.807. The topological polar surface area (TPSA) is 29.5 Å². The van der Waals surface area contributed by atoms with Gasteiger partial charge in [-0.2, -0.15) is 0 Å². The number of aliphatic hydroxyl groups excluding tert-OH is 1. The molecule has 0 heterocycles. The zero-order valence-electron chi connectivity index (χ0n) is 8.60. The third kappa shape index (κ3) is 2.60. The van der Waals surface area contributed by atoms with Crippen molar-refractivity contribution in [1.29, 1.82) is 0 Å². The lowest BCUT2D eigenvalue weighted by Gasteiger charge is -2.15. The van der Waals surface area contributed by atoms with Gasteiger partial charge in [0, 0.05) is 5.56 Å². The van der Waals surface area contributed by atoms with Crippen molar-refractivity contribution < 1.29 is 9.84 Å². The maximum Gasteiger partial charge on any atom is 0.125 e. The van der Waals surface area contributed by atoms with Gasteiger partial charge in [-0.3, -0.25) is 0 Å². The molecule has 0 aliphatic rings. The largest absolute Gasteiger partial charge is 0.486 e. The summed E-state index contributed by atoms with van der Waals surface area (Å²) >= 11 is 0. The third-order valence-electron chi connectivity index (χ3n) is 2.01. The van der Waals surface area contributed by atoms with Crippen LogP contribution in [0.2, 0.25) is 0 Å². The number of aliphatic hydroxyl groups is 1. The van der Waals surface area contributed by atoms with Gasteiger partial charge in [0.1, 0.15) is 11.9 Å². The first-order chi connectivity index (χ1) is 6.65. The Balaban J connectivity index is 2.89. The molecule has 0 aliphatic heterocycles. The van der Waals surface area contributed by atoms with Gasteiger partial charge in [-0.15, -0.1) is 0 Å². The molecule has 1 unspecified atom stereocenters. The van der Waals surface area contributed by atoms with Crippen LogP contribution in [0.15, 0.2) is 36.9 Å². The van der Waals surface area contributed by atoms with E-state index in [-0.39, 0.29) is 6.10 Å². The summed E-state index contributed by atoms with van der Waals surface area (Å²) in [6, 6.07) is 7.47. The molecule has 1 N–H and O–H groups in total. The number of rotatable bonds is 4. The molecule has 0 spiro atoms. The van der Waals surface area contributed by atoms with Gasteiger partial charge in [0.05, 0.1) is 6.10 Å². The van der Waals surface area contributed by atoms with Crippen molar-refractivity contribution in [2.75, 3.05) is 0 Å². The molecule has 2 atom stereocenters. The second-order valence-electron chi connectivity index (χ2n) is 3.27. The molecule has 0 saturated carbocycles. The highest BCUT2D eigenvalue weighted by molar-refractivity contribution is 5.35. The molecule has 1 aromatic carbocycles. The molecule has 0 aliphatic carbocycles. The van der Waals surface area contributed by atoms with E-state index in [1.807, 2.05) is 31.2 Å². The van der Waals surface area contributed by atoms with E-state index in [4.69, 9.17) is 4.74 Å². The summed E-state index contributed by atoms with van der Waals surface area (Å²) < 4.78 is 5.58. The number of ether oxygens (including phenoxy) is 1. The van der Waals surface area contributed by atoms with E-state index in [0.717, 1.165) is 11.3 Å². The van der Waals surface area contributed by atoms with Crippen molar-refractivity contribution in [1.82, 2.24) is 0 Å². The Morgan fingerprint density at radius 2 is 2.00 bits per heavy atom. The highest BCUT2D eigenvalue weighted by Gasteiger charge is 2.09. The van der Waals surface area contributed by atoms with E-state index in [2.05, 4.69) is 6.58 Å². The van der Waals surface area contributed by atoms with E-state index in [0.29, 0.717) is 0 Å². The van der Waals surface area contributed by atoms with Gasteiger partial charge in [0.25, 0.3) is 0 Å². The summed E-state index contributed by atoms with van der Waals surface area (Å²) in [4.78, 5) is 0. The first-order valence-electron chi connectivity index (χ1n) is 4.71. The molecule has 0 radical (unpaired) electrons. The van der Waals surface area contributed by atoms with Crippen LogP contribution in [0.25, 0.3) is 0 Å². The van der Waals surface area contributed by atoms with Crippen molar-refractivity contribution in [3.05, 3.63) is 42.5 Å². The fourth-order valence-electron chi connectivity index (χ4n) is 1.18. The number of para-hydroxylation sites is 1. The highest BCUT2D eigenvalue weighted by Crippen LogP contribution is 2.25. The van der Waals surface area contributed by atoms with E-state index in [1.165, 1.54) is 0 Å². The first-order valence-corrected chi connectivity index (χ1v) is 4.71. The number of benzene rings is 1. The Kier molecular flexibility index (Phi) is 3.72. The molecule has 1 rings (SSSR count). The molecule has 0 aromatic heterocycles. The molecule has 0 bridgehead atoms. The zero-order valence-corrected chi connectivity index (χ0v) is 8.60. The van der Waals surface area contributed by atoms with Crippen LogP contribution >= 0.6 is 0 Å². The van der Waals surface area contributed by atoms with Crippen LogP contribution in [0, 0.1) is 0 Å². The van der Waals surface area contributed by atoms with Crippen LogP contribution in [-0.2, 0) is 0 Å². The standard InChI is InChI=1S/C12H16O2/c1-4-9(2)14-12-8-6-5-7-11(12)10(3)13/h4-10,13H,1H2,2-3H3/t9?,10-/m0/s1. The Morgan fingerprint density at radius 3 is 2.57 bits per heavy atom. The Labute approximate surface area is 84.8 Å². The average molecular weight is 192 g/mol. The second-order valence-corrected chi connectivity index (χ2v) is 3.27. The van der Waals surface area contributed by atoms with Crippen molar-refractivity contribution in [2.24, 2.45) is 0 Å². The van der Waals surface area contributed by atoms with Crippen LogP contribution in [0.3, 0.4) is 0 Å². The zero-order chi connectivity index (χ0) is 10.6. The predicted molar refractivity (Wildman–Crippen MR) is 57.4 cm³/mol. The van der Waals surface area contributed by atoms with Crippen molar-refractivity contribution in [3.8, 4) is 5.75 Å². The van der Waals surface area contributed by atoms with Gasteiger partial charge in [-0.1, -0.05) is 30.9 Å². The summed E-state index contributed by atoms with van der Waals surface area (Å²) in [6.45, 7) is 7.28. The van der Waals surface area contributed by atoms with Gasteiger partial charge < -0.3 is 9.84 Å². The molecule has 0 amide bonds. The summed E-state index contributed by atoms with van der Waals surface area (Å²) in [5.74, 6) is 0.718. The van der Waals surface area contributed by atoms with Gasteiger partial charge in [0.2, 0.25) is 0 Å². The minimum atomic E-state index is -0.511. The molecule has 76 valence electrons. The van der Waals surface area contributed by atoms with E-state index in [9.17, 15) is 5.11 Å². The van der Waals surface area contributed by atoms with Crippen molar-refractivity contribution in [3.63, 3.8) is 0 Å². The van der Waals surface area contributed by atoms with Crippen LogP contribution in [0.5, 0.6) is 5.75 Å². The van der Waals surface area contributed by atoms with Gasteiger partial charge in [-0.25, -0.2) is 0 Å². The highest BCUT2D eigenvalue weighted by atomic mass is 16.5. The van der Waals surface area contributed by atoms with E-state index >= 15 is 0 Å². The summed E-state index contributed by atoms with van der Waals surface area (Å²) in [7, 11) is 0. The summed E-state index contributed by atoms with van der Waals surface area (Å²) in [6.07, 6.45) is 1.16. The molecular weight excluding hydrogens is 176 g/mol. The molecular formula is C12H16O2. The third-order valence-corrected chi connectivity index (χ3v) is 2.01. The number of hydrogen-bond donors (Lipinski definition) is 1. The fraction of sp³-hybridized carbons (Fsp3) is 0.333. The van der Waals surface area contributed by atoms with Gasteiger partial charge >= 0.3 is 0 Å². The van der Waals surface area contributed by atoms with Crippen molar-refractivity contribution >= 4 is 0 Å². The minimum Gasteiger partial charge on any atom is -0.486 e. The Bertz CT molecular complexity index is 305. The molecule has 2 nitrogen and oxygen atoms in total. The van der Waals surface area contributed by atoms with Crippen LogP contribution in [-0.4, -0.2) is 11.2 Å². The van der Waals surface area contributed by atoms with Gasteiger partial charge in [0.15, 0.2) is 0 Å². The lowest BCUT2D eigenvalue weighted by Crippen LogP contribution is -2.09. The maximum atomic E-state index is 9.48. The van der Waals surface area contributed by atoms with Crippen LogP contribution in [0.4, 0.5) is 0 Å². The minimum absolute atomic E-state index is 0.0464.